The predicted octanol–water partition coefficient (Wildman–Crippen LogP) is 2.94. The molecule has 1 aromatic carbocycles. The van der Waals surface area contributed by atoms with Gasteiger partial charge in [0.25, 0.3) is 5.91 Å². The van der Waals surface area contributed by atoms with Crippen LogP contribution in [0.15, 0.2) is 48.1 Å². The van der Waals surface area contributed by atoms with Crippen LogP contribution in [0.2, 0.25) is 0 Å². The Kier molecular flexibility index (Phi) is 6.46. The van der Waals surface area contributed by atoms with Gasteiger partial charge in [0.1, 0.15) is 5.69 Å². The molecular weight excluding hydrogens is 386 g/mol. The number of thiazole rings is 1. The van der Waals surface area contributed by atoms with Gasteiger partial charge in [-0.25, -0.2) is 15.0 Å². The van der Waals surface area contributed by atoms with Crippen LogP contribution in [0.4, 0.5) is 5.69 Å². The van der Waals surface area contributed by atoms with Crippen LogP contribution in [0.3, 0.4) is 0 Å². The third kappa shape index (κ3) is 4.67. The Balaban J connectivity index is 0.00000210. The van der Waals surface area contributed by atoms with E-state index in [1.807, 2.05) is 24.3 Å². The summed E-state index contributed by atoms with van der Waals surface area (Å²) in [5.41, 5.74) is 2.15. The highest BCUT2D eigenvalue weighted by atomic mass is 35.5. The number of rotatable bonds is 4. The van der Waals surface area contributed by atoms with E-state index < -0.39 is 0 Å². The van der Waals surface area contributed by atoms with Gasteiger partial charge in [-0.05, 0) is 23.8 Å². The van der Waals surface area contributed by atoms with Crippen LogP contribution in [0.5, 0.6) is 0 Å². The Labute approximate surface area is 166 Å². The van der Waals surface area contributed by atoms with E-state index in [1.54, 1.807) is 23.8 Å². The molecule has 1 fully saturated rings. The molecule has 27 heavy (non-hydrogen) atoms. The summed E-state index contributed by atoms with van der Waals surface area (Å²) in [6.45, 7) is 2.39. The van der Waals surface area contributed by atoms with Crippen LogP contribution in [0.25, 0.3) is 10.8 Å². The molecule has 0 saturated carbocycles. The molecule has 3 heterocycles. The molecule has 1 aliphatic heterocycles. The van der Waals surface area contributed by atoms with Gasteiger partial charge in [-0.3, -0.25) is 4.79 Å². The lowest BCUT2D eigenvalue weighted by molar-refractivity contribution is 0.0277. The summed E-state index contributed by atoms with van der Waals surface area (Å²) in [6, 6.07) is 9.43. The second-order valence-corrected chi connectivity index (χ2v) is 6.61. The van der Waals surface area contributed by atoms with Gasteiger partial charge < -0.3 is 15.4 Å². The maximum atomic E-state index is 12.4. The van der Waals surface area contributed by atoms with Gasteiger partial charge >= 0.3 is 0 Å². The van der Waals surface area contributed by atoms with Crippen LogP contribution in [-0.2, 0) is 4.74 Å². The van der Waals surface area contributed by atoms with Crippen molar-refractivity contribution in [1.82, 2.24) is 20.3 Å². The average Bonchev–Trinajstić information content (AvgIpc) is 3.20. The quantitative estimate of drug-likeness (QED) is 0.696. The first-order chi connectivity index (χ1) is 12.8. The van der Waals surface area contributed by atoms with Gasteiger partial charge in [0.2, 0.25) is 0 Å². The first-order valence-corrected chi connectivity index (χ1v) is 9.14. The number of nitrogens with one attached hydrogen (secondary N) is 2. The molecule has 4 rings (SSSR count). The zero-order valence-corrected chi connectivity index (χ0v) is 15.9. The lowest BCUT2D eigenvalue weighted by Gasteiger charge is -2.24. The molecule has 140 valence electrons. The first-order valence-electron chi connectivity index (χ1n) is 8.26. The van der Waals surface area contributed by atoms with E-state index in [-0.39, 0.29) is 24.4 Å². The third-order valence-electron chi connectivity index (χ3n) is 3.96. The van der Waals surface area contributed by atoms with Gasteiger partial charge in [0.05, 0.1) is 12.7 Å². The molecule has 1 aliphatic rings. The smallest absolute Gasteiger partial charge is 0.275 e. The highest BCUT2D eigenvalue weighted by Gasteiger charge is 2.16. The summed E-state index contributed by atoms with van der Waals surface area (Å²) in [7, 11) is 0. The van der Waals surface area contributed by atoms with E-state index >= 15 is 0 Å². The standard InChI is InChI=1S/C18H17N5O2S.ClH/c24-17(14-11-26-18(23-14)16-20-6-1-7-21-16)22-13-4-2-12(3-5-13)15-10-19-8-9-25-15;/h1-7,11,15,19H,8-10H2,(H,22,24);1H/t15-;/m0./s1. The molecule has 3 aromatic rings. The highest BCUT2D eigenvalue weighted by molar-refractivity contribution is 7.13. The molecule has 2 aromatic heterocycles. The summed E-state index contributed by atoms with van der Waals surface area (Å²) < 4.78 is 5.73. The van der Waals surface area contributed by atoms with Crippen molar-refractivity contribution in [2.45, 2.75) is 6.10 Å². The van der Waals surface area contributed by atoms with E-state index in [0.29, 0.717) is 28.8 Å². The molecule has 0 spiro atoms. The average molecular weight is 404 g/mol. The third-order valence-corrected chi connectivity index (χ3v) is 4.80. The highest BCUT2D eigenvalue weighted by Crippen LogP contribution is 2.22. The summed E-state index contributed by atoms with van der Waals surface area (Å²) in [6.07, 6.45) is 3.35. The van der Waals surface area contributed by atoms with Gasteiger partial charge in [-0.2, -0.15) is 0 Å². The van der Waals surface area contributed by atoms with Gasteiger partial charge in [-0.15, -0.1) is 23.7 Å². The number of hydrogen-bond donors (Lipinski definition) is 2. The number of hydrogen-bond acceptors (Lipinski definition) is 7. The number of morpholine rings is 1. The van der Waals surface area contributed by atoms with Gasteiger partial charge in [-0.1, -0.05) is 12.1 Å². The molecule has 1 saturated heterocycles. The molecule has 0 bridgehead atoms. The zero-order valence-electron chi connectivity index (χ0n) is 14.3. The van der Waals surface area contributed by atoms with Crippen molar-refractivity contribution in [2.75, 3.05) is 25.0 Å². The van der Waals surface area contributed by atoms with Gasteiger partial charge in [0, 0.05) is 36.6 Å². The van der Waals surface area contributed by atoms with E-state index in [9.17, 15) is 4.79 Å². The van der Waals surface area contributed by atoms with Crippen LogP contribution in [-0.4, -0.2) is 40.6 Å². The SMILES string of the molecule is Cl.O=C(Nc1ccc([C@@H]2CNCCO2)cc1)c1csc(-c2ncccn2)n1. The van der Waals surface area contributed by atoms with E-state index in [1.165, 1.54) is 11.3 Å². The topological polar surface area (TPSA) is 89.0 Å². The molecule has 2 N–H and O–H groups in total. The molecule has 0 aliphatic carbocycles. The molecule has 1 atom stereocenters. The number of ether oxygens (including phenoxy) is 1. The number of nitrogens with zero attached hydrogens (tertiary/aromatic N) is 3. The normalized spacial score (nSPS) is 16.4. The number of amides is 1. The molecular formula is C18H18ClN5O2S. The number of benzene rings is 1. The van der Waals surface area contributed by atoms with E-state index in [4.69, 9.17) is 4.74 Å². The fourth-order valence-electron chi connectivity index (χ4n) is 2.65. The molecule has 0 radical (unpaired) electrons. The Hall–Kier alpha value is -2.39. The van der Waals surface area contributed by atoms with Crippen molar-refractivity contribution in [3.05, 3.63) is 59.4 Å². The Morgan fingerprint density at radius 1 is 1.22 bits per heavy atom. The summed E-state index contributed by atoms with van der Waals surface area (Å²) in [5, 5.41) is 8.49. The molecule has 0 unspecified atom stereocenters. The van der Waals surface area contributed by atoms with Crippen molar-refractivity contribution in [2.24, 2.45) is 0 Å². The van der Waals surface area contributed by atoms with E-state index in [0.717, 1.165) is 18.7 Å². The second kappa shape index (κ2) is 9.01. The summed E-state index contributed by atoms with van der Waals surface area (Å²) >= 11 is 1.34. The maximum absolute atomic E-state index is 12.4. The minimum absolute atomic E-state index is 0. The van der Waals surface area contributed by atoms with Crippen LogP contribution >= 0.6 is 23.7 Å². The number of halogens is 1. The Bertz CT molecular complexity index is 882. The van der Waals surface area contributed by atoms with Crippen LogP contribution < -0.4 is 10.6 Å². The van der Waals surface area contributed by atoms with E-state index in [2.05, 4.69) is 25.6 Å². The van der Waals surface area contributed by atoms with Gasteiger partial charge in [0.15, 0.2) is 10.8 Å². The van der Waals surface area contributed by atoms with Crippen molar-refractivity contribution in [3.63, 3.8) is 0 Å². The Morgan fingerprint density at radius 3 is 2.70 bits per heavy atom. The number of aromatic nitrogens is 3. The molecule has 7 nitrogen and oxygen atoms in total. The van der Waals surface area contributed by atoms with Crippen molar-refractivity contribution < 1.29 is 9.53 Å². The minimum atomic E-state index is -0.258. The van der Waals surface area contributed by atoms with Crippen molar-refractivity contribution in [3.8, 4) is 10.8 Å². The Morgan fingerprint density at radius 2 is 2.00 bits per heavy atom. The summed E-state index contributed by atoms with van der Waals surface area (Å²) in [5.74, 6) is 0.258. The number of carbonyl (C=O) groups is 1. The van der Waals surface area contributed by atoms with Crippen LogP contribution in [0.1, 0.15) is 22.2 Å². The molecule has 9 heteroatoms. The lowest BCUT2D eigenvalue weighted by Crippen LogP contribution is -2.33. The van der Waals surface area contributed by atoms with Crippen molar-refractivity contribution >= 4 is 35.3 Å². The maximum Gasteiger partial charge on any atom is 0.275 e. The minimum Gasteiger partial charge on any atom is -0.371 e. The largest absolute Gasteiger partial charge is 0.371 e. The fraction of sp³-hybridized carbons (Fsp3) is 0.222. The first kappa shape index (κ1) is 19.4. The second-order valence-electron chi connectivity index (χ2n) is 5.75. The van der Waals surface area contributed by atoms with Crippen LogP contribution in [0, 0.1) is 0 Å². The monoisotopic (exact) mass is 403 g/mol. The number of carbonyl (C=O) groups excluding carboxylic acids is 1. The number of anilines is 1. The van der Waals surface area contributed by atoms with Crippen molar-refractivity contribution in [1.29, 1.82) is 0 Å². The molecule has 1 amide bonds. The fourth-order valence-corrected chi connectivity index (χ4v) is 3.39. The summed E-state index contributed by atoms with van der Waals surface area (Å²) in [4.78, 5) is 25.0. The predicted molar refractivity (Wildman–Crippen MR) is 106 cm³/mol. The lowest BCUT2D eigenvalue weighted by atomic mass is 10.1. The zero-order chi connectivity index (χ0) is 17.8.